The maximum absolute atomic E-state index is 3.40. The van der Waals surface area contributed by atoms with E-state index < -0.39 is 0 Å². The van der Waals surface area contributed by atoms with Crippen molar-refractivity contribution in [2.75, 3.05) is 26.7 Å². The predicted molar refractivity (Wildman–Crippen MR) is 72.3 cm³/mol. The van der Waals surface area contributed by atoms with Gasteiger partial charge in [0.2, 0.25) is 0 Å². The number of likely N-dealkylation sites (N-methyl/N-ethyl adjacent to an activating group) is 1. The molecule has 3 atom stereocenters. The lowest BCUT2D eigenvalue weighted by Gasteiger charge is -2.32. The molecule has 0 radical (unpaired) electrons. The molecular weight excluding hydrogens is 220 g/mol. The normalized spacial score (nSPS) is 36.0. The summed E-state index contributed by atoms with van der Waals surface area (Å²) in [5.74, 6) is 1.95. The Bertz CT molecular complexity index is 198. The lowest BCUT2D eigenvalue weighted by Crippen LogP contribution is -2.35. The minimum atomic E-state index is 0. The van der Waals surface area contributed by atoms with Crippen molar-refractivity contribution in [2.45, 2.75) is 45.1 Å². The third kappa shape index (κ3) is 3.61. The largest absolute Gasteiger partial charge is 0.316 e. The van der Waals surface area contributed by atoms with Gasteiger partial charge in [-0.2, -0.15) is 0 Å². The van der Waals surface area contributed by atoms with Crippen LogP contribution in [0.25, 0.3) is 0 Å². The maximum atomic E-state index is 3.40. The molecule has 1 aliphatic heterocycles. The first-order valence-electron chi connectivity index (χ1n) is 6.69. The van der Waals surface area contributed by atoms with E-state index in [1.165, 1.54) is 51.7 Å². The molecule has 1 N–H and O–H groups in total. The molecule has 16 heavy (non-hydrogen) atoms. The lowest BCUT2D eigenvalue weighted by atomic mass is 9.80. The van der Waals surface area contributed by atoms with Crippen LogP contribution in [0.2, 0.25) is 0 Å². The van der Waals surface area contributed by atoms with Crippen molar-refractivity contribution < 1.29 is 0 Å². The van der Waals surface area contributed by atoms with Gasteiger partial charge in [0, 0.05) is 19.1 Å². The molecule has 1 aliphatic carbocycles. The van der Waals surface area contributed by atoms with Crippen LogP contribution in [-0.2, 0) is 0 Å². The minimum Gasteiger partial charge on any atom is -0.316 e. The zero-order valence-corrected chi connectivity index (χ0v) is 11.6. The standard InChI is InChI=1S/C13H26N2.ClH/c1-11-5-3-4-6-12(11)9-15-8-7-13(10-15)14-2;/h11-14H,3-10H2,1-2H3;1H. The number of likely N-dealkylation sites (tertiary alicyclic amines) is 1. The van der Waals surface area contributed by atoms with Gasteiger partial charge in [-0.15, -0.1) is 12.4 Å². The molecule has 2 rings (SSSR count). The Labute approximate surface area is 107 Å². The van der Waals surface area contributed by atoms with E-state index in [1.807, 2.05) is 0 Å². The van der Waals surface area contributed by atoms with Crippen molar-refractivity contribution in [2.24, 2.45) is 11.8 Å². The van der Waals surface area contributed by atoms with Gasteiger partial charge < -0.3 is 10.2 Å². The Morgan fingerprint density at radius 3 is 2.56 bits per heavy atom. The highest BCUT2D eigenvalue weighted by molar-refractivity contribution is 5.85. The van der Waals surface area contributed by atoms with Crippen LogP contribution >= 0.6 is 12.4 Å². The molecule has 3 unspecified atom stereocenters. The Kier molecular flexibility index (Phi) is 6.09. The fourth-order valence-electron chi connectivity index (χ4n) is 3.23. The molecule has 0 aromatic carbocycles. The van der Waals surface area contributed by atoms with Crippen LogP contribution in [0.15, 0.2) is 0 Å². The summed E-state index contributed by atoms with van der Waals surface area (Å²) in [7, 11) is 2.09. The molecular formula is C13H27ClN2. The van der Waals surface area contributed by atoms with Crippen LogP contribution in [0, 0.1) is 11.8 Å². The van der Waals surface area contributed by atoms with Gasteiger partial charge >= 0.3 is 0 Å². The third-order valence-electron chi connectivity index (χ3n) is 4.46. The second-order valence-electron chi connectivity index (χ2n) is 5.56. The van der Waals surface area contributed by atoms with E-state index in [4.69, 9.17) is 0 Å². The lowest BCUT2D eigenvalue weighted by molar-refractivity contribution is 0.179. The summed E-state index contributed by atoms with van der Waals surface area (Å²) < 4.78 is 0. The summed E-state index contributed by atoms with van der Waals surface area (Å²) in [4.78, 5) is 2.67. The molecule has 2 fully saturated rings. The first-order chi connectivity index (χ1) is 7.29. The summed E-state index contributed by atoms with van der Waals surface area (Å²) in [6, 6.07) is 0.754. The summed E-state index contributed by atoms with van der Waals surface area (Å²) in [6.45, 7) is 6.41. The molecule has 1 saturated carbocycles. The number of halogens is 1. The smallest absolute Gasteiger partial charge is 0.0204 e. The average molecular weight is 247 g/mol. The molecule has 0 aromatic rings. The third-order valence-corrected chi connectivity index (χ3v) is 4.46. The van der Waals surface area contributed by atoms with Gasteiger partial charge in [-0.25, -0.2) is 0 Å². The van der Waals surface area contributed by atoms with E-state index in [9.17, 15) is 0 Å². The van der Waals surface area contributed by atoms with Crippen molar-refractivity contribution >= 4 is 12.4 Å². The Hall–Kier alpha value is 0.210. The zero-order chi connectivity index (χ0) is 10.7. The van der Waals surface area contributed by atoms with Gasteiger partial charge in [-0.05, 0) is 38.3 Å². The van der Waals surface area contributed by atoms with Gasteiger partial charge in [0.05, 0.1) is 0 Å². The molecule has 0 spiro atoms. The number of hydrogen-bond acceptors (Lipinski definition) is 2. The molecule has 2 aliphatic rings. The maximum Gasteiger partial charge on any atom is 0.0204 e. The minimum absolute atomic E-state index is 0. The van der Waals surface area contributed by atoms with Crippen molar-refractivity contribution in [1.29, 1.82) is 0 Å². The topological polar surface area (TPSA) is 15.3 Å². The predicted octanol–water partition coefficient (Wildman–Crippen LogP) is 2.53. The number of rotatable bonds is 3. The molecule has 0 amide bonds. The van der Waals surface area contributed by atoms with Gasteiger partial charge in [0.25, 0.3) is 0 Å². The highest BCUT2D eigenvalue weighted by Gasteiger charge is 2.27. The molecule has 1 saturated heterocycles. The van der Waals surface area contributed by atoms with Gasteiger partial charge in [0.15, 0.2) is 0 Å². The number of nitrogens with zero attached hydrogens (tertiary/aromatic N) is 1. The molecule has 3 heteroatoms. The van der Waals surface area contributed by atoms with Crippen molar-refractivity contribution in [3.05, 3.63) is 0 Å². The molecule has 2 nitrogen and oxygen atoms in total. The first-order valence-corrected chi connectivity index (χ1v) is 6.69. The van der Waals surface area contributed by atoms with Crippen molar-refractivity contribution in [3.63, 3.8) is 0 Å². The highest BCUT2D eigenvalue weighted by atomic mass is 35.5. The number of hydrogen-bond donors (Lipinski definition) is 1. The second-order valence-corrected chi connectivity index (χ2v) is 5.56. The SMILES string of the molecule is CNC1CCN(CC2CCCCC2C)C1.Cl. The Balaban J connectivity index is 0.00000128. The van der Waals surface area contributed by atoms with E-state index >= 15 is 0 Å². The van der Waals surface area contributed by atoms with Gasteiger partial charge in [-0.3, -0.25) is 0 Å². The summed E-state index contributed by atoms with van der Waals surface area (Å²) >= 11 is 0. The van der Waals surface area contributed by atoms with Crippen LogP contribution < -0.4 is 5.32 Å². The van der Waals surface area contributed by atoms with Gasteiger partial charge in [-0.1, -0.05) is 26.2 Å². The van der Waals surface area contributed by atoms with Crippen LogP contribution in [-0.4, -0.2) is 37.6 Å². The quantitative estimate of drug-likeness (QED) is 0.824. The van der Waals surface area contributed by atoms with E-state index in [2.05, 4.69) is 24.2 Å². The Morgan fingerprint density at radius 1 is 1.19 bits per heavy atom. The van der Waals surface area contributed by atoms with Crippen LogP contribution in [0.1, 0.15) is 39.0 Å². The summed E-state index contributed by atoms with van der Waals surface area (Å²) in [5.41, 5.74) is 0. The zero-order valence-electron chi connectivity index (χ0n) is 10.7. The highest BCUT2D eigenvalue weighted by Crippen LogP contribution is 2.30. The van der Waals surface area contributed by atoms with Crippen molar-refractivity contribution in [1.82, 2.24) is 10.2 Å². The van der Waals surface area contributed by atoms with E-state index in [-0.39, 0.29) is 12.4 Å². The second kappa shape index (κ2) is 6.83. The molecule has 0 bridgehead atoms. The van der Waals surface area contributed by atoms with Crippen LogP contribution in [0.4, 0.5) is 0 Å². The molecule has 1 heterocycles. The van der Waals surface area contributed by atoms with E-state index in [0.717, 1.165) is 17.9 Å². The monoisotopic (exact) mass is 246 g/mol. The van der Waals surface area contributed by atoms with E-state index in [1.54, 1.807) is 0 Å². The first kappa shape index (κ1) is 14.3. The number of nitrogens with one attached hydrogen (secondary N) is 1. The van der Waals surface area contributed by atoms with E-state index in [0.29, 0.717) is 0 Å². The molecule has 96 valence electrons. The fraction of sp³-hybridized carbons (Fsp3) is 1.00. The van der Waals surface area contributed by atoms with Crippen LogP contribution in [0.5, 0.6) is 0 Å². The van der Waals surface area contributed by atoms with Gasteiger partial charge in [0.1, 0.15) is 0 Å². The summed E-state index contributed by atoms with van der Waals surface area (Å²) in [5, 5.41) is 3.40. The summed E-state index contributed by atoms with van der Waals surface area (Å²) in [6.07, 6.45) is 7.22. The average Bonchev–Trinajstić information content (AvgIpc) is 2.69. The van der Waals surface area contributed by atoms with Crippen molar-refractivity contribution in [3.8, 4) is 0 Å². The molecule has 0 aromatic heterocycles. The Morgan fingerprint density at radius 2 is 1.94 bits per heavy atom. The van der Waals surface area contributed by atoms with Crippen LogP contribution in [0.3, 0.4) is 0 Å². The fourth-order valence-corrected chi connectivity index (χ4v) is 3.23.